The largest absolute Gasteiger partial charge is 0.325 e. The first kappa shape index (κ1) is 18.3. The molecule has 1 heterocycles. The first-order chi connectivity index (χ1) is 12.5. The zero-order valence-corrected chi connectivity index (χ0v) is 15.5. The van der Waals surface area contributed by atoms with Gasteiger partial charge in [-0.3, -0.25) is 18.5 Å². The molecule has 1 unspecified atom stereocenters. The first-order valence-electron chi connectivity index (χ1n) is 7.84. The second kappa shape index (κ2) is 7.80. The first-order valence-corrected chi connectivity index (χ1v) is 9.77. The number of carbonyl (C=O) groups is 1. The molecule has 0 saturated carbocycles. The summed E-state index contributed by atoms with van der Waals surface area (Å²) in [5, 5.41) is 7.74. The summed E-state index contributed by atoms with van der Waals surface area (Å²) in [7, 11) is -1.33. The van der Waals surface area contributed by atoms with Crippen LogP contribution in [0.3, 0.4) is 0 Å². The zero-order chi connectivity index (χ0) is 18.7. The lowest BCUT2D eigenvalue weighted by atomic mass is 10.2. The highest BCUT2D eigenvalue weighted by Gasteiger charge is 2.13. The highest BCUT2D eigenvalue weighted by Crippen LogP contribution is 2.27. The Labute approximate surface area is 157 Å². The predicted octanol–water partition coefficient (Wildman–Crippen LogP) is 2.82. The molecule has 1 aromatic heterocycles. The lowest BCUT2D eigenvalue weighted by Gasteiger charge is -2.12. The molecular weight excluding hydrogens is 374 g/mol. The van der Waals surface area contributed by atoms with E-state index in [9.17, 15) is 13.8 Å². The van der Waals surface area contributed by atoms with Gasteiger partial charge in [0.2, 0.25) is 11.3 Å². The normalized spacial score (nSPS) is 12.1. The van der Waals surface area contributed by atoms with E-state index in [1.807, 2.05) is 6.07 Å². The number of halogens is 1. The molecule has 0 aliphatic heterocycles. The van der Waals surface area contributed by atoms with Crippen molar-refractivity contribution in [2.24, 2.45) is 0 Å². The lowest BCUT2D eigenvalue weighted by molar-refractivity contribution is -0.116. The van der Waals surface area contributed by atoms with Gasteiger partial charge < -0.3 is 5.32 Å². The van der Waals surface area contributed by atoms with Gasteiger partial charge in [0.1, 0.15) is 0 Å². The van der Waals surface area contributed by atoms with E-state index in [1.54, 1.807) is 41.1 Å². The van der Waals surface area contributed by atoms with Crippen LogP contribution in [-0.4, -0.2) is 26.2 Å². The van der Waals surface area contributed by atoms with Crippen molar-refractivity contribution < 1.29 is 9.00 Å². The maximum Gasteiger partial charge on any atom is 0.226 e. The molecule has 0 fully saturated rings. The number of hydrogen-bond donors (Lipinski definition) is 1. The summed E-state index contributed by atoms with van der Waals surface area (Å²) < 4.78 is 13.5. The van der Waals surface area contributed by atoms with E-state index in [2.05, 4.69) is 10.4 Å². The van der Waals surface area contributed by atoms with Gasteiger partial charge in [-0.15, -0.1) is 0 Å². The molecule has 1 amide bonds. The number of fused-ring (bicyclic) bond motifs is 1. The maximum absolute atomic E-state index is 12.3. The second-order valence-electron chi connectivity index (χ2n) is 5.62. The molecule has 0 aliphatic rings. The van der Waals surface area contributed by atoms with Gasteiger partial charge in [-0.1, -0.05) is 29.8 Å². The number of para-hydroxylation sites is 1. The standard InChI is InChI=1S/C18H16ClN3O3S/c1-26(25)18-13(19)6-4-7-14(18)21-17(24)9-10-22-15-8-3-2-5-12(15)16(23)11-20-22/h2-8,11H,9-10H2,1H3,(H,21,24). The molecule has 6 nitrogen and oxygen atoms in total. The van der Waals surface area contributed by atoms with Crippen LogP contribution < -0.4 is 10.7 Å². The SMILES string of the molecule is CS(=O)c1c(Cl)cccc1NC(=O)CCn1ncc(=O)c2ccccc21. The molecule has 3 rings (SSSR count). The Kier molecular flexibility index (Phi) is 5.49. The van der Waals surface area contributed by atoms with E-state index >= 15 is 0 Å². The quantitative estimate of drug-likeness (QED) is 0.727. The molecule has 1 N–H and O–H groups in total. The van der Waals surface area contributed by atoms with Crippen molar-refractivity contribution in [1.82, 2.24) is 9.78 Å². The number of rotatable bonds is 5. The van der Waals surface area contributed by atoms with Crippen LogP contribution in [0.25, 0.3) is 10.9 Å². The van der Waals surface area contributed by atoms with Crippen molar-refractivity contribution in [3.63, 3.8) is 0 Å². The Morgan fingerprint density at radius 3 is 2.77 bits per heavy atom. The third-order valence-corrected chi connectivity index (χ3v) is 5.28. The van der Waals surface area contributed by atoms with Crippen LogP contribution in [0.15, 0.2) is 58.4 Å². The lowest BCUT2D eigenvalue weighted by Crippen LogP contribution is -2.18. The average molecular weight is 390 g/mol. The Hall–Kier alpha value is -2.51. The third kappa shape index (κ3) is 3.84. The summed E-state index contributed by atoms with van der Waals surface area (Å²) in [5.41, 5.74) is 0.947. The van der Waals surface area contributed by atoms with Crippen molar-refractivity contribution >= 4 is 44.9 Å². The molecule has 0 radical (unpaired) electrons. The Morgan fingerprint density at radius 1 is 1.23 bits per heavy atom. The number of anilines is 1. The molecule has 0 saturated heterocycles. The van der Waals surface area contributed by atoms with E-state index in [-0.39, 0.29) is 17.8 Å². The predicted molar refractivity (Wildman–Crippen MR) is 103 cm³/mol. The van der Waals surface area contributed by atoms with Crippen LogP contribution in [0.2, 0.25) is 5.02 Å². The molecule has 3 aromatic rings. The third-order valence-electron chi connectivity index (χ3n) is 3.84. The topological polar surface area (TPSA) is 81.1 Å². The van der Waals surface area contributed by atoms with Gasteiger partial charge >= 0.3 is 0 Å². The molecule has 8 heteroatoms. The zero-order valence-electron chi connectivity index (χ0n) is 13.9. The van der Waals surface area contributed by atoms with E-state index in [0.717, 1.165) is 0 Å². The minimum Gasteiger partial charge on any atom is -0.325 e. The molecular formula is C18H16ClN3O3S. The average Bonchev–Trinajstić information content (AvgIpc) is 2.61. The number of aromatic nitrogens is 2. The summed E-state index contributed by atoms with van der Waals surface area (Å²) >= 11 is 6.07. The van der Waals surface area contributed by atoms with Crippen LogP contribution in [0, 0.1) is 0 Å². The molecule has 26 heavy (non-hydrogen) atoms. The molecule has 0 bridgehead atoms. The summed E-state index contributed by atoms with van der Waals surface area (Å²) in [4.78, 5) is 24.6. The fraction of sp³-hybridized carbons (Fsp3) is 0.167. The fourth-order valence-corrected chi connectivity index (χ4v) is 3.93. The minimum atomic E-state index is -1.33. The molecule has 0 aliphatic carbocycles. The van der Waals surface area contributed by atoms with Crippen LogP contribution in [-0.2, 0) is 22.1 Å². The Balaban J connectivity index is 1.77. The minimum absolute atomic E-state index is 0.141. The highest BCUT2D eigenvalue weighted by atomic mass is 35.5. The Morgan fingerprint density at radius 2 is 2.00 bits per heavy atom. The molecule has 134 valence electrons. The van der Waals surface area contributed by atoms with Crippen molar-refractivity contribution in [2.45, 2.75) is 17.9 Å². The summed E-state index contributed by atoms with van der Waals surface area (Å²) in [6, 6.07) is 12.1. The molecule has 0 spiro atoms. The molecule has 2 aromatic carbocycles. The van der Waals surface area contributed by atoms with Crippen molar-refractivity contribution in [1.29, 1.82) is 0 Å². The van der Waals surface area contributed by atoms with Gasteiger partial charge in [0.05, 0.1) is 44.7 Å². The van der Waals surface area contributed by atoms with E-state index in [1.165, 1.54) is 12.5 Å². The number of hydrogen-bond acceptors (Lipinski definition) is 4. The van der Waals surface area contributed by atoms with Gasteiger partial charge in [0.15, 0.2) is 0 Å². The number of benzene rings is 2. The monoisotopic (exact) mass is 389 g/mol. The van der Waals surface area contributed by atoms with Crippen LogP contribution >= 0.6 is 11.6 Å². The number of aryl methyl sites for hydroxylation is 1. The van der Waals surface area contributed by atoms with Gasteiger partial charge in [-0.2, -0.15) is 5.10 Å². The number of carbonyl (C=O) groups excluding carboxylic acids is 1. The van der Waals surface area contributed by atoms with Crippen molar-refractivity contribution in [2.75, 3.05) is 11.6 Å². The molecule has 1 atom stereocenters. The number of amides is 1. The number of nitrogens with zero attached hydrogens (tertiary/aromatic N) is 2. The summed E-state index contributed by atoms with van der Waals surface area (Å²) in [6.45, 7) is 0.303. The summed E-state index contributed by atoms with van der Waals surface area (Å²) in [5.74, 6) is -0.261. The van der Waals surface area contributed by atoms with Gasteiger partial charge in [0.25, 0.3) is 0 Å². The van der Waals surface area contributed by atoms with Gasteiger partial charge in [0, 0.05) is 18.1 Å². The van der Waals surface area contributed by atoms with Crippen LogP contribution in [0.1, 0.15) is 6.42 Å². The second-order valence-corrected chi connectivity index (χ2v) is 7.34. The highest BCUT2D eigenvalue weighted by molar-refractivity contribution is 7.84. The van der Waals surface area contributed by atoms with Crippen LogP contribution in [0.5, 0.6) is 0 Å². The summed E-state index contributed by atoms with van der Waals surface area (Å²) in [6.07, 6.45) is 2.89. The maximum atomic E-state index is 12.3. The van der Waals surface area contributed by atoms with Gasteiger partial charge in [-0.05, 0) is 24.3 Å². The van der Waals surface area contributed by atoms with Crippen molar-refractivity contribution in [3.8, 4) is 0 Å². The van der Waals surface area contributed by atoms with Crippen molar-refractivity contribution in [3.05, 3.63) is 63.9 Å². The smallest absolute Gasteiger partial charge is 0.226 e. The fourth-order valence-electron chi connectivity index (χ4n) is 2.66. The van der Waals surface area contributed by atoms with E-state index in [4.69, 9.17) is 11.6 Å². The Bertz CT molecular complexity index is 1060. The van der Waals surface area contributed by atoms with Crippen LogP contribution in [0.4, 0.5) is 5.69 Å². The van der Waals surface area contributed by atoms with E-state index in [0.29, 0.717) is 33.1 Å². The number of nitrogens with one attached hydrogen (secondary N) is 1. The van der Waals surface area contributed by atoms with Gasteiger partial charge in [-0.25, -0.2) is 0 Å². The van der Waals surface area contributed by atoms with E-state index < -0.39 is 10.8 Å².